The highest BCUT2D eigenvalue weighted by molar-refractivity contribution is 6.35. The summed E-state index contributed by atoms with van der Waals surface area (Å²) in [5.74, 6) is -0.402. The standard InChI is InChI=1S/C20H21Cl2FN2O2/c21-16-4-1-15(18(22)12-16)11-20(26)24-13-19(25-7-9-27-10-8-25)14-2-5-17(23)6-3-14/h1-6,12,19H,7-11,13H2,(H,24,26). The van der Waals surface area contributed by atoms with Gasteiger partial charge in [0.25, 0.3) is 0 Å². The summed E-state index contributed by atoms with van der Waals surface area (Å²) in [5, 5.41) is 3.98. The molecule has 1 N–H and O–H groups in total. The minimum atomic E-state index is -0.277. The van der Waals surface area contributed by atoms with Crippen LogP contribution >= 0.6 is 23.2 Å². The molecule has 1 fully saturated rings. The fourth-order valence-electron chi connectivity index (χ4n) is 3.14. The van der Waals surface area contributed by atoms with E-state index in [0.717, 1.165) is 24.2 Å². The zero-order chi connectivity index (χ0) is 19.2. The smallest absolute Gasteiger partial charge is 0.224 e. The molecule has 1 unspecified atom stereocenters. The van der Waals surface area contributed by atoms with Crippen molar-refractivity contribution in [3.05, 3.63) is 69.5 Å². The lowest BCUT2D eigenvalue weighted by molar-refractivity contribution is -0.120. The Hall–Kier alpha value is -1.66. The summed E-state index contributed by atoms with van der Waals surface area (Å²) >= 11 is 12.0. The van der Waals surface area contributed by atoms with Crippen LogP contribution in [0.1, 0.15) is 17.2 Å². The van der Waals surface area contributed by atoms with Crippen LogP contribution < -0.4 is 5.32 Å². The van der Waals surface area contributed by atoms with E-state index in [9.17, 15) is 9.18 Å². The van der Waals surface area contributed by atoms with Gasteiger partial charge in [-0.1, -0.05) is 41.4 Å². The number of amides is 1. The predicted molar refractivity (Wildman–Crippen MR) is 105 cm³/mol. The van der Waals surface area contributed by atoms with Crippen LogP contribution in [0.2, 0.25) is 10.0 Å². The van der Waals surface area contributed by atoms with E-state index in [2.05, 4.69) is 10.2 Å². The molecule has 1 aliphatic rings. The van der Waals surface area contributed by atoms with Crippen LogP contribution in [0.15, 0.2) is 42.5 Å². The van der Waals surface area contributed by atoms with Gasteiger partial charge < -0.3 is 10.1 Å². The van der Waals surface area contributed by atoms with Gasteiger partial charge >= 0.3 is 0 Å². The van der Waals surface area contributed by atoms with E-state index in [-0.39, 0.29) is 24.2 Å². The topological polar surface area (TPSA) is 41.6 Å². The lowest BCUT2D eigenvalue weighted by atomic mass is 10.0. The van der Waals surface area contributed by atoms with Gasteiger partial charge in [0.15, 0.2) is 0 Å². The molecule has 2 aromatic carbocycles. The Bertz CT molecular complexity index is 780. The molecule has 1 aliphatic heterocycles. The summed E-state index contributed by atoms with van der Waals surface area (Å²) in [4.78, 5) is 14.7. The Morgan fingerprint density at radius 1 is 1.15 bits per heavy atom. The number of carbonyl (C=O) groups excluding carboxylic acids is 1. The lowest BCUT2D eigenvalue weighted by Crippen LogP contribution is -2.44. The maximum atomic E-state index is 13.3. The van der Waals surface area contributed by atoms with Crippen LogP contribution in [-0.2, 0) is 16.0 Å². The molecule has 3 rings (SSSR count). The third-order valence-electron chi connectivity index (χ3n) is 4.60. The van der Waals surface area contributed by atoms with Gasteiger partial charge in [-0.15, -0.1) is 0 Å². The number of hydrogen-bond donors (Lipinski definition) is 1. The van der Waals surface area contributed by atoms with Crippen molar-refractivity contribution >= 4 is 29.1 Å². The van der Waals surface area contributed by atoms with Gasteiger partial charge in [0.2, 0.25) is 5.91 Å². The number of rotatable bonds is 6. The second kappa shape index (κ2) is 9.51. The zero-order valence-electron chi connectivity index (χ0n) is 14.8. The molecule has 1 saturated heterocycles. The molecular formula is C20H21Cl2FN2O2. The first kappa shape index (κ1) is 20.1. The van der Waals surface area contributed by atoms with Crippen LogP contribution in [0, 0.1) is 5.82 Å². The Kier molecular flexibility index (Phi) is 7.07. The number of hydrogen-bond acceptors (Lipinski definition) is 3. The molecule has 1 amide bonds. The van der Waals surface area contributed by atoms with Gasteiger partial charge in [-0.05, 0) is 35.4 Å². The fourth-order valence-corrected chi connectivity index (χ4v) is 3.62. The van der Waals surface area contributed by atoms with E-state index < -0.39 is 0 Å². The Balaban J connectivity index is 1.66. The van der Waals surface area contributed by atoms with E-state index in [1.165, 1.54) is 12.1 Å². The van der Waals surface area contributed by atoms with E-state index in [1.54, 1.807) is 30.3 Å². The second-order valence-corrected chi connectivity index (χ2v) is 7.28. The number of nitrogens with zero attached hydrogens (tertiary/aromatic N) is 1. The molecule has 4 nitrogen and oxygen atoms in total. The molecule has 0 aromatic heterocycles. The first-order valence-electron chi connectivity index (χ1n) is 8.81. The van der Waals surface area contributed by atoms with E-state index in [1.807, 2.05) is 0 Å². The molecule has 7 heteroatoms. The minimum Gasteiger partial charge on any atom is -0.379 e. The molecule has 0 bridgehead atoms. The summed E-state index contributed by atoms with van der Waals surface area (Å²) in [5.41, 5.74) is 1.69. The average molecular weight is 411 g/mol. The summed E-state index contributed by atoms with van der Waals surface area (Å²) in [7, 11) is 0. The van der Waals surface area contributed by atoms with Gasteiger partial charge in [-0.2, -0.15) is 0 Å². The number of morpholine rings is 1. The molecule has 1 atom stereocenters. The van der Waals surface area contributed by atoms with Crippen molar-refractivity contribution in [1.29, 1.82) is 0 Å². The van der Waals surface area contributed by atoms with Gasteiger partial charge in [0.05, 0.1) is 25.7 Å². The highest BCUT2D eigenvalue weighted by atomic mass is 35.5. The van der Waals surface area contributed by atoms with Crippen molar-refractivity contribution in [2.24, 2.45) is 0 Å². The van der Waals surface area contributed by atoms with Crippen LogP contribution in [0.25, 0.3) is 0 Å². The highest BCUT2D eigenvalue weighted by Crippen LogP contribution is 2.23. The SMILES string of the molecule is O=C(Cc1ccc(Cl)cc1Cl)NCC(c1ccc(F)cc1)N1CCOCC1. The predicted octanol–water partition coefficient (Wildman–Crippen LogP) is 3.86. The second-order valence-electron chi connectivity index (χ2n) is 6.43. The molecule has 0 spiro atoms. The molecule has 2 aromatic rings. The van der Waals surface area contributed by atoms with E-state index >= 15 is 0 Å². The van der Waals surface area contributed by atoms with Crippen molar-refractivity contribution in [1.82, 2.24) is 10.2 Å². The molecule has 0 radical (unpaired) electrons. The van der Waals surface area contributed by atoms with Crippen molar-refractivity contribution in [2.75, 3.05) is 32.8 Å². The largest absolute Gasteiger partial charge is 0.379 e. The Morgan fingerprint density at radius 2 is 1.85 bits per heavy atom. The minimum absolute atomic E-state index is 0.0425. The molecule has 0 aliphatic carbocycles. The van der Waals surface area contributed by atoms with Crippen molar-refractivity contribution in [2.45, 2.75) is 12.5 Å². The van der Waals surface area contributed by atoms with Crippen molar-refractivity contribution in [3.63, 3.8) is 0 Å². The fraction of sp³-hybridized carbons (Fsp3) is 0.350. The third kappa shape index (κ3) is 5.66. The normalized spacial score (nSPS) is 16.1. The van der Waals surface area contributed by atoms with Crippen molar-refractivity contribution in [3.8, 4) is 0 Å². The van der Waals surface area contributed by atoms with Gasteiger partial charge in [0, 0.05) is 29.7 Å². The summed E-state index contributed by atoms with van der Waals surface area (Å²) in [6.07, 6.45) is 0.176. The quantitative estimate of drug-likeness (QED) is 0.785. The van der Waals surface area contributed by atoms with Gasteiger partial charge in [-0.3, -0.25) is 9.69 Å². The van der Waals surface area contributed by atoms with Crippen LogP contribution in [-0.4, -0.2) is 43.7 Å². The molecule has 1 heterocycles. The van der Waals surface area contributed by atoms with Crippen LogP contribution in [0.5, 0.6) is 0 Å². The number of nitrogens with one attached hydrogen (secondary N) is 1. The van der Waals surface area contributed by atoms with E-state index in [4.69, 9.17) is 27.9 Å². The monoisotopic (exact) mass is 410 g/mol. The Labute approximate surface area is 168 Å². The first-order valence-corrected chi connectivity index (χ1v) is 9.56. The molecule has 144 valence electrons. The molecule has 0 saturated carbocycles. The number of halogens is 3. The molecule has 27 heavy (non-hydrogen) atoms. The molecular weight excluding hydrogens is 390 g/mol. The van der Waals surface area contributed by atoms with Gasteiger partial charge in [0.1, 0.15) is 5.82 Å². The van der Waals surface area contributed by atoms with E-state index in [0.29, 0.717) is 29.8 Å². The van der Waals surface area contributed by atoms with Gasteiger partial charge in [-0.25, -0.2) is 4.39 Å². The Morgan fingerprint density at radius 3 is 2.52 bits per heavy atom. The maximum Gasteiger partial charge on any atom is 0.224 e. The van der Waals surface area contributed by atoms with Crippen molar-refractivity contribution < 1.29 is 13.9 Å². The summed E-state index contributed by atoms with van der Waals surface area (Å²) in [6, 6.07) is 11.5. The number of carbonyl (C=O) groups is 1. The van der Waals surface area contributed by atoms with Crippen LogP contribution in [0.3, 0.4) is 0 Å². The first-order chi connectivity index (χ1) is 13.0. The average Bonchev–Trinajstić information content (AvgIpc) is 2.66. The lowest BCUT2D eigenvalue weighted by Gasteiger charge is -2.35. The summed E-state index contributed by atoms with van der Waals surface area (Å²) in [6.45, 7) is 3.25. The third-order valence-corrected chi connectivity index (χ3v) is 5.19. The number of benzene rings is 2. The maximum absolute atomic E-state index is 13.3. The zero-order valence-corrected chi connectivity index (χ0v) is 16.3. The summed E-state index contributed by atoms with van der Waals surface area (Å²) < 4.78 is 18.7. The highest BCUT2D eigenvalue weighted by Gasteiger charge is 2.23. The number of ether oxygens (including phenoxy) is 1. The van der Waals surface area contributed by atoms with Crippen LogP contribution in [0.4, 0.5) is 4.39 Å².